The smallest absolute Gasteiger partial charge is 0.181 e. The van der Waals surface area contributed by atoms with Gasteiger partial charge in [0.1, 0.15) is 6.07 Å². The third-order valence-electron chi connectivity index (χ3n) is 7.38. The van der Waals surface area contributed by atoms with Gasteiger partial charge in [-0.25, -0.2) is 0 Å². The van der Waals surface area contributed by atoms with Crippen LogP contribution in [-0.2, 0) is 9.47 Å². The van der Waals surface area contributed by atoms with Gasteiger partial charge in [0.25, 0.3) is 0 Å². The summed E-state index contributed by atoms with van der Waals surface area (Å²) in [6, 6.07) is 6.30. The van der Waals surface area contributed by atoms with Crippen LogP contribution in [0.25, 0.3) is 5.57 Å². The summed E-state index contributed by atoms with van der Waals surface area (Å²) in [4.78, 5) is 2.05. The molecule has 1 aromatic heterocycles. The van der Waals surface area contributed by atoms with Crippen LogP contribution in [0.5, 0.6) is 0 Å². The topological polar surface area (TPSA) is 42.2 Å². The number of fused-ring (bicyclic) bond motifs is 5. The van der Waals surface area contributed by atoms with E-state index in [1.54, 1.807) is 11.3 Å². The third-order valence-corrected chi connectivity index (χ3v) is 8.67. The molecule has 2 aliphatic carbocycles. The molecule has 1 saturated heterocycles. The second-order valence-corrected chi connectivity index (χ2v) is 9.91. The van der Waals surface area contributed by atoms with E-state index in [2.05, 4.69) is 33.4 Å². The number of ether oxygens (including phenoxy) is 2. The van der Waals surface area contributed by atoms with E-state index in [1.807, 2.05) is 19.1 Å². The fourth-order valence-electron chi connectivity index (χ4n) is 5.61. The Labute approximate surface area is 154 Å². The summed E-state index contributed by atoms with van der Waals surface area (Å²) in [7, 11) is 0. The van der Waals surface area contributed by atoms with Gasteiger partial charge >= 0.3 is 0 Å². The molecule has 0 radical (unpaired) electrons. The molecule has 4 heteroatoms. The average molecular weight is 358 g/mol. The minimum Gasteiger partial charge on any atom is -0.348 e. The van der Waals surface area contributed by atoms with E-state index in [4.69, 9.17) is 9.47 Å². The predicted octanol–water partition coefficient (Wildman–Crippen LogP) is 5.55. The zero-order chi connectivity index (χ0) is 18.0. The van der Waals surface area contributed by atoms with Gasteiger partial charge in [0.2, 0.25) is 0 Å². The Morgan fingerprint density at radius 1 is 1.44 bits per heavy atom. The number of rotatable bonds is 4. The van der Waals surface area contributed by atoms with Gasteiger partial charge < -0.3 is 9.47 Å². The third kappa shape index (κ3) is 2.36. The highest BCUT2D eigenvalue weighted by atomic mass is 32.1. The Balaban J connectivity index is 1.48. The van der Waals surface area contributed by atoms with E-state index in [-0.39, 0.29) is 17.8 Å². The number of allylic oxidation sites excluding steroid dienone is 1. The molecule has 3 fully saturated rings. The lowest BCUT2D eigenvalue weighted by Gasteiger charge is -2.38. The number of nitrogens with zero attached hydrogens (tertiary/aromatic N) is 1. The molecule has 0 amide bonds. The van der Waals surface area contributed by atoms with Crippen molar-refractivity contribution in [3.8, 4) is 6.07 Å². The van der Waals surface area contributed by atoms with E-state index in [1.165, 1.54) is 12.8 Å². The lowest BCUT2D eigenvalue weighted by molar-refractivity contribution is -0.177. The summed E-state index contributed by atoms with van der Waals surface area (Å²) < 4.78 is 12.5. The van der Waals surface area contributed by atoms with Gasteiger partial charge in [-0.2, -0.15) is 5.26 Å². The number of hydrogen-bond acceptors (Lipinski definition) is 4. The normalized spacial score (nSPS) is 39.2. The first-order chi connectivity index (χ1) is 11.8. The van der Waals surface area contributed by atoms with Crippen molar-refractivity contribution < 1.29 is 9.47 Å². The van der Waals surface area contributed by atoms with Gasteiger partial charge in [-0.05, 0) is 60.1 Å². The predicted molar refractivity (Wildman–Crippen MR) is 99.8 cm³/mol. The molecule has 0 unspecified atom stereocenters. The van der Waals surface area contributed by atoms with Gasteiger partial charge in [-0.1, -0.05) is 27.4 Å². The summed E-state index contributed by atoms with van der Waals surface area (Å²) >= 11 is 1.59. The van der Waals surface area contributed by atoms with Crippen molar-refractivity contribution in [3.05, 3.63) is 28.5 Å². The van der Waals surface area contributed by atoms with Crippen LogP contribution < -0.4 is 0 Å². The first kappa shape index (κ1) is 17.3. The highest BCUT2D eigenvalue weighted by Gasteiger charge is 2.69. The molecule has 134 valence electrons. The molecule has 0 N–H and O–H groups in total. The molecule has 2 heterocycles. The first-order valence-corrected chi connectivity index (χ1v) is 10.1. The van der Waals surface area contributed by atoms with Crippen LogP contribution >= 0.6 is 11.3 Å². The number of hydrogen-bond donors (Lipinski definition) is 0. The molecule has 25 heavy (non-hydrogen) atoms. The monoisotopic (exact) mass is 357 g/mol. The van der Waals surface area contributed by atoms with Crippen molar-refractivity contribution in [2.75, 3.05) is 0 Å². The van der Waals surface area contributed by atoms with Gasteiger partial charge in [0.05, 0.1) is 6.10 Å². The number of nitriles is 1. The first-order valence-electron chi connectivity index (χ1n) is 9.24. The Kier molecular flexibility index (Phi) is 3.92. The molecule has 1 aromatic rings. The molecule has 3 nitrogen and oxygen atoms in total. The van der Waals surface area contributed by atoms with Gasteiger partial charge in [0.15, 0.2) is 12.4 Å². The van der Waals surface area contributed by atoms with Crippen LogP contribution in [0.1, 0.15) is 62.8 Å². The fourth-order valence-corrected chi connectivity index (χ4v) is 6.52. The molecule has 2 bridgehead atoms. The summed E-state index contributed by atoms with van der Waals surface area (Å²) in [5, 5.41) is 9.59. The summed E-state index contributed by atoms with van der Waals surface area (Å²) in [5.74, 6) is 1.29. The quantitative estimate of drug-likeness (QED) is 0.709. The van der Waals surface area contributed by atoms with E-state index >= 15 is 0 Å². The van der Waals surface area contributed by atoms with Gasteiger partial charge in [0, 0.05) is 16.2 Å². The molecular weight excluding hydrogens is 330 g/mol. The van der Waals surface area contributed by atoms with Crippen LogP contribution in [0.3, 0.4) is 0 Å². The van der Waals surface area contributed by atoms with Crippen molar-refractivity contribution in [2.45, 2.75) is 65.5 Å². The minimum absolute atomic E-state index is 0.235. The number of thiophene rings is 1. The molecule has 0 spiro atoms. The average Bonchev–Trinajstić information content (AvgIpc) is 3.26. The largest absolute Gasteiger partial charge is 0.348 e. The fraction of sp³-hybridized carbons (Fsp3) is 0.667. The minimum atomic E-state index is -0.555. The zero-order valence-electron chi connectivity index (χ0n) is 15.5. The molecule has 2 saturated carbocycles. The van der Waals surface area contributed by atoms with Crippen LogP contribution in [0.15, 0.2) is 18.7 Å². The lowest BCUT2D eigenvalue weighted by Crippen LogP contribution is -2.38. The maximum absolute atomic E-state index is 9.59. The maximum Gasteiger partial charge on any atom is 0.181 e. The van der Waals surface area contributed by atoms with E-state index in [0.29, 0.717) is 17.3 Å². The van der Waals surface area contributed by atoms with Crippen LogP contribution in [0.2, 0.25) is 0 Å². The van der Waals surface area contributed by atoms with Crippen molar-refractivity contribution in [1.82, 2.24) is 0 Å². The van der Waals surface area contributed by atoms with Crippen LogP contribution in [0.4, 0.5) is 0 Å². The summed E-state index contributed by atoms with van der Waals surface area (Å²) in [6.45, 7) is 13.2. The van der Waals surface area contributed by atoms with E-state index in [0.717, 1.165) is 21.7 Å². The Morgan fingerprint density at radius 2 is 2.20 bits per heavy atom. The van der Waals surface area contributed by atoms with E-state index in [9.17, 15) is 5.26 Å². The van der Waals surface area contributed by atoms with Crippen molar-refractivity contribution in [2.24, 2.45) is 22.7 Å². The molecule has 0 aromatic carbocycles. The molecular formula is C21H27NO2S. The molecule has 6 atom stereocenters. The van der Waals surface area contributed by atoms with Gasteiger partial charge in [-0.3, -0.25) is 0 Å². The molecule has 4 rings (SSSR count). The second-order valence-electron chi connectivity index (χ2n) is 8.80. The standard InChI is InChI=1S/C21H27NO2S/c1-12(2)16-6-7-17(25-16)15(11-22)23-18-10-13-14-8-9-21(5,19(13)24-18)20(14,3)4/h6-7,13-15,18-19H,1,8-10H2,2-5H3/t13-,14-,15+,18-,19-,21+/m1/s1. The summed E-state index contributed by atoms with van der Waals surface area (Å²) in [5.41, 5.74) is 1.59. The molecule has 1 aliphatic heterocycles. The van der Waals surface area contributed by atoms with E-state index < -0.39 is 6.10 Å². The Morgan fingerprint density at radius 3 is 2.80 bits per heavy atom. The second kappa shape index (κ2) is 5.67. The van der Waals surface area contributed by atoms with Crippen molar-refractivity contribution >= 4 is 16.9 Å². The van der Waals surface area contributed by atoms with Crippen LogP contribution in [0, 0.1) is 34.0 Å². The Hall–Kier alpha value is -1.15. The van der Waals surface area contributed by atoms with Crippen molar-refractivity contribution in [3.63, 3.8) is 0 Å². The summed E-state index contributed by atoms with van der Waals surface area (Å²) in [6.07, 6.45) is 2.93. The van der Waals surface area contributed by atoms with Gasteiger partial charge in [-0.15, -0.1) is 11.3 Å². The SMILES string of the molecule is C=C(C)c1ccc([C@H](C#N)O[C@H]2C[C@@H]3[C@H]4CC[C@@](C)([C@@H]3O2)C4(C)C)s1. The maximum atomic E-state index is 9.59. The van der Waals surface area contributed by atoms with Crippen LogP contribution in [-0.4, -0.2) is 12.4 Å². The highest BCUT2D eigenvalue weighted by Crippen LogP contribution is 2.71. The molecule has 3 aliphatic rings. The lowest BCUT2D eigenvalue weighted by atomic mass is 9.70. The zero-order valence-corrected chi connectivity index (χ0v) is 16.4. The van der Waals surface area contributed by atoms with Crippen molar-refractivity contribution in [1.29, 1.82) is 5.26 Å². The Bertz CT molecular complexity index is 745. The highest BCUT2D eigenvalue weighted by molar-refractivity contribution is 7.13.